The maximum absolute atomic E-state index is 15.3. The molecule has 0 spiro atoms. The van der Waals surface area contributed by atoms with Gasteiger partial charge < -0.3 is 4.74 Å². The van der Waals surface area contributed by atoms with Crippen LogP contribution in [-0.4, -0.2) is 6.61 Å². The number of thiophene rings is 1. The molecule has 0 atom stereocenters. The smallest absolute Gasteiger partial charge is 0.182 e. The second kappa shape index (κ2) is 10.9. The lowest BCUT2D eigenvalue weighted by Crippen LogP contribution is -2.13. The number of ether oxygens (including phenoxy) is 1. The molecular weight excluding hydrogens is 515 g/mol. The van der Waals surface area contributed by atoms with E-state index in [1.54, 1.807) is 19.1 Å². The Hall–Kier alpha value is -3.19. The molecule has 0 bridgehead atoms. The van der Waals surface area contributed by atoms with Gasteiger partial charge in [-0.25, -0.2) is 22.0 Å². The first-order valence-electron chi connectivity index (χ1n) is 12.8. The lowest BCUT2D eigenvalue weighted by atomic mass is 9.78. The van der Waals surface area contributed by atoms with Crippen LogP contribution in [0.15, 0.2) is 54.6 Å². The van der Waals surface area contributed by atoms with Crippen LogP contribution in [0.1, 0.15) is 51.0 Å². The molecule has 3 aromatic carbocycles. The van der Waals surface area contributed by atoms with Gasteiger partial charge in [0.1, 0.15) is 0 Å². The quantitative estimate of drug-likeness (QED) is 0.174. The van der Waals surface area contributed by atoms with E-state index in [1.807, 2.05) is 13.0 Å². The van der Waals surface area contributed by atoms with Crippen LogP contribution >= 0.6 is 11.3 Å². The third-order valence-corrected chi connectivity index (χ3v) is 8.49. The molecule has 4 aromatic rings. The Morgan fingerprint density at radius 3 is 2.11 bits per heavy atom. The number of allylic oxidation sites excluding steroid dienone is 2. The summed E-state index contributed by atoms with van der Waals surface area (Å²) in [6, 6.07) is 10.1. The van der Waals surface area contributed by atoms with Crippen molar-refractivity contribution in [2.75, 3.05) is 6.61 Å². The zero-order valence-corrected chi connectivity index (χ0v) is 21.9. The van der Waals surface area contributed by atoms with Crippen molar-refractivity contribution >= 4 is 21.4 Å². The van der Waals surface area contributed by atoms with Gasteiger partial charge in [0, 0.05) is 21.6 Å². The van der Waals surface area contributed by atoms with Crippen molar-refractivity contribution < 1.29 is 26.7 Å². The van der Waals surface area contributed by atoms with Gasteiger partial charge in [-0.1, -0.05) is 30.4 Å². The van der Waals surface area contributed by atoms with Crippen molar-refractivity contribution in [2.24, 2.45) is 5.92 Å². The first kappa shape index (κ1) is 26.4. The van der Waals surface area contributed by atoms with Crippen molar-refractivity contribution in [3.63, 3.8) is 0 Å². The maximum atomic E-state index is 15.3. The Balaban J connectivity index is 1.47. The van der Waals surface area contributed by atoms with Gasteiger partial charge in [0.15, 0.2) is 34.8 Å². The average molecular weight is 543 g/mol. The number of benzene rings is 3. The lowest BCUT2D eigenvalue weighted by Gasteiger charge is -2.27. The Morgan fingerprint density at radius 1 is 0.789 bits per heavy atom. The summed E-state index contributed by atoms with van der Waals surface area (Å²) in [7, 11) is 0. The van der Waals surface area contributed by atoms with Crippen LogP contribution in [0.25, 0.3) is 31.7 Å². The normalized spacial score (nSPS) is 18.0. The minimum Gasteiger partial charge on any atom is -0.491 e. The molecule has 0 N–H and O–H groups in total. The number of hydrogen-bond donors (Lipinski definition) is 0. The molecule has 0 amide bonds. The van der Waals surface area contributed by atoms with Gasteiger partial charge in [0.25, 0.3) is 0 Å². The Kier molecular flexibility index (Phi) is 7.57. The van der Waals surface area contributed by atoms with Gasteiger partial charge in [0.2, 0.25) is 0 Å². The molecule has 5 rings (SSSR count). The summed E-state index contributed by atoms with van der Waals surface area (Å²) >= 11 is 0.968. The highest BCUT2D eigenvalue weighted by atomic mass is 32.1. The van der Waals surface area contributed by atoms with Gasteiger partial charge >= 0.3 is 0 Å². The van der Waals surface area contributed by atoms with E-state index in [1.165, 1.54) is 30.3 Å². The molecular formula is C31H27F5OS. The number of halogens is 5. The summed E-state index contributed by atoms with van der Waals surface area (Å²) in [5.74, 6) is -4.82. The molecule has 0 radical (unpaired) electrons. The summed E-state index contributed by atoms with van der Waals surface area (Å²) in [5.41, 5.74) is -0.501. The first-order chi connectivity index (χ1) is 18.3. The molecule has 7 heteroatoms. The van der Waals surface area contributed by atoms with E-state index < -0.39 is 29.1 Å². The zero-order valence-electron chi connectivity index (χ0n) is 21.1. The number of fused-ring (bicyclic) bond motifs is 1. The van der Waals surface area contributed by atoms with Crippen LogP contribution in [0.3, 0.4) is 0 Å². The Labute approximate surface area is 222 Å². The number of rotatable bonds is 6. The summed E-state index contributed by atoms with van der Waals surface area (Å²) in [6.07, 6.45) is 7.43. The van der Waals surface area contributed by atoms with Gasteiger partial charge in [-0.2, -0.15) is 0 Å². The van der Waals surface area contributed by atoms with E-state index in [2.05, 4.69) is 6.08 Å². The van der Waals surface area contributed by atoms with E-state index in [9.17, 15) is 4.39 Å². The molecule has 1 aromatic heterocycles. The van der Waals surface area contributed by atoms with Gasteiger partial charge in [-0.05, 0) is 86.6 Å². The van der Waals surface area contributed by atoms with Gasteiger partial charge in [-0.3, -0.25) is 0 Å². The highest BCUT2D eigenvalue weighted by Crippen LogP contribution is 2.42. The van der Waals surface area contributed by atoms with Crippen molar-refractivity contribution in [3.8, 4) is 27.3 Å². The molecule has 0 aliphatic heterocycles. The van der Waals surface area contributed by atoms with Crippen molar-refractivity contribution in [1.29, 1.82) is 0 Å². The van der Waals surface area contributed by atoms with Crippen LogP contribution in [0.4, 0.5) is 22.0 Å². The predicted molar refractivity (Wildman–Crippen MR) is 143 cm³/mol. The third kappa shape index (κ3) is 4.73. The Morgan fingerprint density at radius 2 is 1.42 bits per heavy atom. The minimum absolute atomic E-state index is 0.0831. The molecule has 0 saturated heterocycles. The summed E-state index contributed by atoms with van der Waals surface area (Å²) in [4.78, 5) is 0.311. The average Bonchev–Trinajstić information content (AvgIpc) is 3.35. The van der Waals surface area contributed by atoms with E-state index in [-0.39, 0.29) is 45.2 Å². The van der Waals surface area contributed by atoms with Crippen molar-refractivity contribution in [1.82, 2.24) is 0 Å². The second-order valence-electron chi connectivity index (χ2n) is 9.60. The van der Waals surface area contributed by atoms with Crippen LogP contribution < -0.4 is 4.74 Å². The molecule has 38 heavy (non-hydrogen) atoms. The van der Waals surface area contributed by atoms with E-state index in [4.69, 9.17) is 4.74 Å². The van der Waals surface area contributed by atoms with Crippen LogP contribution in [0.2, 0.25) is 0 Å². The van der Waals surface area contributed by atoms with Crippen LogP contribution in [-0.2, 0) is 0 Å². The van der Waals surface area contributed by atoms with Gasteiger partial charge in [0.05, 0.1) is 11.3 Å². The highest BCUT2D eigenvalue weighted by molar-refractivity contribution is 7.22. The molecule has 1 saturated carbocycles. The highest BCUT2D eigenvalue weighted by Gasteiger charge is 2.27. The predicted octanol–water partition coefficient (Wildman–Crippen LogP) is 10.2. The summed E-state index contributed by atoms with van der Waals surface area (Å²) < 4.78 is 81.2. The molecule has 198 valence electrons. The summed E-state index contributed by atoms with van der Waals surface area (Å²) in [5, 5.41) is 0.526. The fraction of sp³-hybridized carbons (Fsp3) is 0.290. The Bertz CT molecular complexity index is 1510. The maximum Gasteiger partial charge on any atom is 0.182 e. The zero-order chi connectivity index (χ0) is 27.0. The topological polar surface area (TPSA) is 9.23 Å². The molecule has 1 aliphatic rings. The minimum atomic E-state index is -1.28. The van der Waals surface area contributed by atoms with Crippen molar-refractivity contribution in [2.45, 2.75) is 45.4 Å². The van der Waals surface area contributed by atoms with E-state index in [0.29, 0.717) is 16.2 Å². The number of hydrogen-bond acceptors (Lipinski definition) is 2. The fourth-order valence-corrected chi connectivity index (χ4v) is 6.49. The largest absolute Gasteiger partial charge is 0.491 e. The van der Waals surface area contributed by atoms with Crippen molar-refractivity contribution in [3.05, 3.63) is 89.3 Å². The summed E-state index contributed by atoms with van der Waals surface area (Å²) in [6.45, 7) is 3.99. The SMILES string of the molecule is C/C=C/C1CCC(c2ccc(-c3ccc(-c4cc5ccc(OCC)c(F)c5s4)c(F)c3F)c(F)c2F)CC1. The van der Waals surface area contributed by atoms with E-state index >= 15 is 17.6 Å². The fourth-order valence-electron chi connectivity index (χ4n) is 5.38. The standard InChI is InChI=1S/C31H27F5OS/c1-3-5-17-6-8-18(9-7-17)20-11-12-21(27(33)26(20)32)22-13-14-23(29(35)28(22)34)25-16-19-10-15-24(37-4-2)30(36)31(19)38-25/h3,5,10-18H,4,6-9H2,1-2H3/b5-3+. The van der Waals surface area contributed by atoms with Crippen LogP contribution in [0, 0.1) is 35.0 Å². The molecule has 1 aliphatic carbocycles. The van der Waals surface area contributed by atoms with Crippen LogP contribution in [0.5, 0.6) is 5.75 Å². The van der Waals surface area contributed by atoms with E-state index in [0.717, 1.165) is 37.0 Å². The molecule has 1 fully saturated rings. The molecule has 1 heterocycles. The molecule has 1 nitrogen and oxygen atoms in total. The first-order valence-corrected chi connectivity index (χ1v) is 13.6. The molecule has 0 unspecified atom stereocenters. The second-order valence-corrected chi connectivity index (χ2v) is 10.6. The van der Waals surface area contributed by atoms with Gasteiger partial charge in [-0.15, -0.1) is 11.3 Å². The lowest BCUT2D eigenvalue weighted by molar-refractivity contribution is 0.323. The third-order valence-electron chi connectivity index (χ3n) is 7.32. The monoisotopic (exact) mass is 542 g/mol.